The highest BCUT2D eigenvalue weighted by Gasteiger charge is 2.08. The maximum absolute atomic E-state index is 6.13. The van der Waals surface area contributed by atoms with Crippen LogP contribution >= 0.6 is 11.6 Å². The summed E-state index contributed by atoms with van der Waals surface area (Å²) >= 11 is 6.13. The van der Waals surface area contributed by atoms with Gasteiger partial charge in [-0.25, -0.2) is 4.57 Å². The minimum absolute atomic E-state index is 0.762. The van der Waals surface area contributed by atoms with Crippen molar-refractivity contribution in [1.82, 2.24) is 0 Å². The number of pyridine rings is 1. The molecule has 1 aromatic heterocycles. The molecule has 0 radical (unpaired) electrons. The van der Waals surface area contributed by atoms with Crippen molar-refractivity contribution >= 4 is 34.7 Å². The van der Waals surface area contributed by atoms with E-state index in [0.29, 0.717) is 0 Å². The van der Waals surface area contributed by atoms with Gasteiger partial charge in [-0.2, -0.15) is 0 Å². The van der Waals surface area contributed by atoms with E-state index in [1.807, 2.05) is 37.4 Å². The number of benzene rings is 2. The molecule has 98 valence electrons. The lowest BCUT2D eigenvalue weighted by Crippen LogP contribution is -2.28. The first-order valence-corrected chi connectivity index (χ1v) is 6.93. The van der Waals surface area contributed by atoms with E-state index in [2.05, 4.69) is 47.2 Å². The fourth-order valence-corrected chi connectivity index (χ4v) is 2.48. The second kappa shape index (κ2) is 5.48. The Kier molecular flexibility index (Phi) is 3.53. The summed E-state index contributed by atoms with van der Waals surface area (Å²) in [6.07, 6.45) is 6.32. The van der Waals surface area contributed by atoms with Gasteiger partial charge in [-0.1, -0.05) is 54.1 Å². The van der Waals surface area contributed by atoms with Crippen LogP contribution in [0.25, 0.3) is 23.1 Å². The number of fused-ring (bicyclic) bond motifs is 1. The number of hydrogen-bond donors (Lipinski definition) is 0. The van der Waals surface area contributed by atoms with Crippen LogP contribution in [0.5, 0.6) is 0 Å². The van der Waals surface area contributed by atoms with E-state index in [1.165, 1.54) is 16.6 Å². The molecule has 0 N–H and O–H groups in total. The minimum Gasteiger partial charge on any atom is -0.201 e. The molecular weight excluding hydrogens is 266 g/mol. The summed E-state index contributed by atoms with van der Waals surface area (Å²) in [5.74, 6) is 0. The Bertz CT molecular complexity index is 776. The Morgan fingerprint density at radius 2 is 1.75 bits per heavy atom. The van der Waals surface area contributed by atoms with Crippen LogP contribution in [-0.4, -0.2) is 0 Å². The summed E-state index contributed by atoms with van der Waals surface area (Å²) in [6, 6.07) is 18.4. The van der Waals surface area contributed by atoms with Crippen molar-refractivity contribution in [2.24, 2.45) is 7.05 Å². The van der Waals surface area contributed by atoms with E-state index >= 15 is 0 Å². The van der Waals surface area contributed by atoms with Gasteiger partial charge in [-0.15, -0.1) is 0 Å². The normalized spacial score (nSPS) is 11.3. The van der Waals surface area contributed by atoms with Gasteiger partial charge in [0, 0.05) is 17.2 Å². The summed E-state index contributed by atoms with van der Waals surface area (Å²) < 4.78 is 2.10. The topological polar surface area (TPSA) is 3.88 Å². The third-order valence-corrected chi connectivity index (χ3v) is 3.62. The van der Waals surface area contributed by atoms with Crippen LogP contribution in [0.4, 0.5) is 0 Å². The molecule has 3 rings (SSSR count). The molecule has 0 aliphatic heterocycles. The van der Waals surface area contributed by atoms with Gasteiger partial charge in [-0.3, -0.25) is 0 Å². The average molecular weight is 281 g/mol. The van der Waals surface area contributed by atoms with Gasteiger partial charge in [0.05, 0.1) is 5.39 Å². The highest BCUT2D eigenvalue weighted by Crippen LogP contribution is 2.22. The van der Waals surface area contributed by atoms with E-state index in [-0.39, 0.29) is 0 Å². The lowest BCUT2D eigenvalue weighted by molar-refractivity contribution is -0.644. The predicted molar refractivity (Wildman–Crippen MR) is 85.5 cm³/mol. The van der Waals surface area contributed by atoms with E-state index in [9.17, 15) is 0 Å². The van der Waals surface area contributed by atoms with Crippen LogP contribution in [0.3, 0.4) is 0 Å². The number of nitrogens with zero attached hydrogens (tertiary/aromatic N) is 1. The molecule has 0 saturated heterocycles. The molecule has 0 amide bonds. The zero-order valence-corrected chi connectivity index (χ0v) is 12.0. The maximum atomic E-state index is 6.13. The molecule has 1 heterocycles. The van der Waals surface area contributed by atoms with Crippen LogP contribution in [0, 0.1) is 0 Å². The summed E-state index contributed by atoms with van der Waals surface area (Å²) in [6.45, 7) is 0. The molecular formula is C18H15ClN+. The number of aromatic nitrogens is 1. The van der Waals surface area contributed by atoms with E-state index < -0.39 is 0 Å². The van der Waals surface area contributed by atoms with E-state index in [1.54, 1.807) is 0 Å². The molecule has 0 fully saturated rings. The maximum Gasteiger partial charge on any atom is 0.212 e. The van der Waals surface area contributed by atoms with Crippen LogP contribution in [0.1, 0.15) is 11.1 Å². The Morgan fingerprint density at radius 1 is 0.950 bits per heavy atom. The summed E-state index contributed by atoms with van der Waals surface area (Å²) in [4.78, 5) is 0. The fourth-order valence-electron chi connectivity index (χ4n) is 2.30. The molecule has 2 aromatic carbocycles. The third kappa shape index (κ3) is 2.59. The second-order valence-corrected chi connectivity index (χ2v) is 5.22. The molecule has 2 heteroatoms. The molecule has 0 atom stereocenters. The third-order valence-electron chi connectivity index (χ3n) is 3.38. The predicted octanol–water partition coefficient (Wildman–Crippen LogP) is 4.49. The smallest absolute Gasteiger partial charge is 0.201 e. The molecule has 0 unspecified atom stereocenters. The van der Waals surface area contributed by atoms with Gasteiger partial charge in [0.25, 0.3) is 0 Å². The van der Waals surface area contributed by atoms with Crippen molar-refractivity contribution in [2.75, 3.05) is 0 Å². The quantitative estimate of drug-likeness (QED) is 0.609. The summed E-state index contributed by atoms with van der Waals surface area (Å²) in [5, 5.41) is 1.92. The largest absolute Gasteiger partial charge is 0.212 e. The number of aryl methyl sites for hydroxylation is 1. The lowest BCUT2D eigenvalue weighted by atomic mass is 10.1. The van der Waals surface area contributed by atoms with Crippen molar-refractivity contribution in [2.45, 2.75) is 0 Å². The average Bonchev–Trinajstić information content (AvgIpc) is 2.47. The molecule has 0 spiro atoms. The van der Waals surface area contributed by atoms with Crippen molar-refractivity contribution in [1.29, 1.82) is 0 Å². The molecule has 1 nitrogen and oxygen atoms in total. The zero-order chi connectivity index (χ0) is 13.9. The Hall–Kier alpha value is -2.12. The van der Waals surface area contributed by atoms with Gasteiger partial charge in [0.2, 0.25) is 5.52 Å². The standard InChI is InChI=1S/C18H15ClN/c1-20-12-11-15(8-7-14-5-3-2-4-6-14)17-13-16(19)9-10-18(17)20/h2-13H,1H3/q+1. The van der Waals surface area contributed by atoms with Crippen LogP contribution in [0.2, 0.25) is 5.02 Å². The van der Waals surface area contributed by atoms with Gasteiger partial charge in [0.1, 0.15) is 7.05 Å². The van der Waals surface area contributed by atoms with Crippen LogP contribution < -0.4 is 4.57 Å². The van der Waals surface area contributed by atoms with Gasteiger partial charge >= 0.3 is 0 Å². The van der Waals surface area contributed by atoms with Crippen LogP contribution in [0.15, 0.2) is 60.8 Å². The van der Waals surface area contributed by atoms with Gasteiger partial charge in [-0.05, 0) is 23.3 Å². The second-order valence-electron chi connectivity index (χ2n) is 4.79. The van der Waals surface area contributed by atoms with E-state index in [4.69, 9.17) is 11.6 Å². The molecule has 0 aliphatic carbocycles. The Balaban J connectivity index is 2.10. The van der Waals surface area contributed by atoms with Crippen molar-refractivity contribution in [3.05, 3.63) is 76.9 Å². The first kappa shape index (κ1) is 12.9. The fraction of sp³-hybridized carbons (Fsp3) is 0.0556. The van der Waals surface area contributed by atoms with Crippen molar-refractivity contribution < 1.29 is 4.57 Å². The first-order valence-electron chi connectivity index (χ1n) is 6.55. The minimum atomic E-state index is 0.762. The number of halogens is 1. The molecule has 0 bridgehead atoms. The van der Waals surface area contributed by atoms with Gasteiger partial charge < -0.3 is 0 Å². The Labute approximate surface area is 123 Å². The highest BCUT2D eigenvalue weighted by molar-refractivity contribution is 6.31. The molecule has 0 saturated carbocycles. The van der Waals surface area contributed by atoms with Crippen molar-refractivity contribution in [3.63, 3.8) is 0 Å². The highest BCUT2D eigenvalue weighted by atomic mass is 35.5. The first-order chi connectivity index (χ1) is 9.74. The molecule has 0 aliphatic rings. The Morgan fingerprint density at radius 3 is 2.55 bits per heavy atom. The lowest BCUT2D eigenvalue weighted by Gasteiger charge is -2.02. The van der Waals surface area contributed by atoms with E-state index in [0.717, 1.165) is 10.4 Å². The van der Waals surface area contributed by atoms with Crippen molar-refractivity contribution in [3.8, 4) is 0 Å². The summed E-state index contributed by atoms with van der Waals surface area (Å²) in [5.41, 5.74) is 3.53. The number of hydrogen-bond acceptors (Lipinski definition) is 0. The monoisotopic (exact) mass is 280 g/mol. The molecule has 3 aromatic rings. The van der Waals surface area contributed by atoms with Crippen LogP contribution in [-0.2, 0) is 7.05 Å². The SMILES string of the molecule is C[n+]1ccc(C=Cc2ccccc2)c2cc(Cl)ccc21. The molecule has 20 heavy (non-hydrogen) atoms. The van der Waals surface area contributed by atoms with Gasteiger partial charge in [0.15, 0.2) is 6.20 Å². The zero-order valence-electron chi connectivity index (χ0n) is 11.3. The number of rotatable bonds is 2. The summed E-state index contributed by atoms with van der Waals surface area (Å²) in [7, 11) is 2.04.